The minimum absolute atomic E-state index is 0.0172. The Balaban J connectivity index is 1.80. The van der Waals surface area contributed by atoms with Crippen LogP contribution in [0, 0.1) is 11.3 Å². The van der Waals surface area contributed by atoms with Gasteiger partial charge >= 0.3 is 0 Å². The van der Waals surface area contributed by atoms with Gasteiger partial charge in [-0.25, -0.2) is 4.68 Å². The molecule has 0 spiro atoms. The molecule has 3 aromatic rings. The second-order valence-corrected chi connectivity index (χ2v) is 6.00. The third-order valence-electron chi connectivity index (χ3n) is 4.47. The highest BCUT2D eigenvalue weighted by molar-refractivity contribution is 5.94. The Morgan fingerprint density at radius 1 is 1.19 bits per heavy atom. The van der Waals surface area contributed by atoms with Crippen molar-refractivity contribution in [3.8, 4) is 11.8 Å². The summed E-state index contributed by atoms with van der Waals surface area (Å²) in [4.78, 5) is 14.8. The van der Waals surface area contributed by atoms with Crippen LogP contribution in [-0.2, 0) is 0 Å². The van der Waals surface area contributed by atoms with E-state index in [1.807, 2.05) is 67.4 Å². The highest BCUT2D eigenvalue weighted by Gasteiger charge is 2.21. The lowest BCUT2D eigenvalue weighted by molar-refractivity contribution is 0.0702. The molecule has 0 aliphatic rings. The summed E-state index contributed by atoms with van der Waals surface area (Å²) < 4.78 is 1.76. The zero-order valence-electron chi connectivity index (χ0n) is 14.8. The smallest absolute Gasteiger partial charge is 0.254 e. The van der Waals surface area contributed by atoms with E-state index in [1.165, 1.54) is 0 Å². The first-order valence-corrected chi connectivity index (χ1v) is 8.55. The minimum Gasteiger partial charge on any atom is -0.332 e. The predicted molar refractivity (Wildman–Crippen MR) is 99.8 cm³/mol. The molecule has 2 aromatic carbocycles. The van der Waals surface area contributed by atoms with E-state index in [1.54, 1.807) is 23.0 Å². The molecule has 0 bridgehead atoms. The Hall–Kier alpha value is -3.39. The molecule has 1 aromatic heterocycles. The van der Waals surface area contributed by atoms with Gasteiger partial charge in [-0.05, 0) is 61.9 Å². The van der Waals surface area contributed by atoms with Crippen LogP contribution in [0.1, 0.15) is 41.4 Å². The van der Waals surface area contributed by atoms with Crippen molar-refractivity contribution in [2.24, 2.45) is 0 Å². The molecule has 0 saturated carbocycles. The highest BCUT2D eigenvalue weighted by atomic mass is 16.2. The van der Waals surface area contributed by atoms with Crippen LogP contribution in [0.4, 0.5) is 0 Å². The second-order valence-electron chi connectivity index (χ2n) is 6.00. The van der Waals surface area contributed by atoms with E-state index >= 15 is 0 Å². The number of aromatic nitrogens is 2. The van der Waals surface area contributed by atoms with Gasteiger partial charge in [0.25, 0.3) is 5.91 Å². The van der Waals surface area contributed by atoms with E-state index in [-0.39, 0.29) is 11.9 Å². The molecule has 1 amide bonds. The molecule has 0 aliphatic heterocycles. The second kappa shape index (κ2) is 7.66. The molecule has 1 heterocycles. The van der Waals surface area contributed by atoms with E-state index < -0.39 is 0 Å². The average molecular weight is 344 g/mol. The van der Waals surface area contributed by atoms with E-state index in [2.05, 4.69) is 11.2 Å². The van der Waals surface area contributed by atoms with Crippen molar-refractivity contribution < 1.29 is 4.79 Å². The zero-order valence-corrected chi connectivity index (χ0v) is 14.8. The Kier molecular flexibility index (Phi) is 5.14. The lowest BCUT2D eigenvalue weighted by Gasteiger charge is -2.28. The third kappa shape index (κ3) is 3.50. The van der Waals surface area contributed by atoms with Crippen LogP contribution in [0.5, 0.6) is 0 Å². The van der Waals surface area contributed by atoms with Crippen molar-refractivity contribution in [3.05, 3.63) is 83.7 Å². The number of rotatable bonds is 5. The number of carbonyl (C=O) groups is 1. The largest absolute Gasteiger partial charge is 0.332 e. The topological polar surface area (TPSA) is 61.9 Å². The van der Waals surface area contributed by atoms with Crippen LogP contribution in [0.25, 0.3) is 5.69 Å². The van der Waals surface area contributed by atoms with Crippen molar-refractivity contribution in [1.29, 1.82) is 5.26 Å². The van der Waals surface area contributed by atoms with Gasteiger partial charge in [-0.1, -0.05) is 12.1 Å². The van der Waals surface area contributed by atoms with E-state index in [0.29, 0.717) is 17.7 Å². The van der Waals surface area contributed by atoms with Crippen molar-refractivity contribution in [3.63, 3.8) is 0 Å². The molecule has 0 fully saturated rings. The molecule has 0 N–H and O–H groups in total. The lowest BCUT2D eigenvalue weighted by Crippen LogP contribution is -2.33. The molecule has 5 nitrogen and oxygen atoms in total. The van der Waals surface area contributed by atoms with Crippen LogP contribution < -0.4 is 0 Å². The summed E-state index contributed by atoms with van der Waals surface area (Å²) in [5.74, 6) is -0.0172. The zero-order chi connectivity index (χ0) is 18.5. The number of carbonyl (C=O) groups excluding carboxylic acids is 1. The van der Waals surface area contributed by atoms with Crippen LogP contribution in [-0.4, -0.2) is 27.1 Å². The Morgan fingerprint density at radius 3 is 2.42 bits per heavy atom. The Labute approximate surface area is 153 Å². The summed E-state index contributed by atoms with van der Waals surface area (Å²) in [5.41, 5.74) is 3.18. The molecular weight excluding hydrogens is 324 g/mol. The number of benzene rings is 2. The quantitative estimate of drug-likeness (QED) is 0.703. The SMILES string of the molecule is CCN(C(=O)c1ccc(-n2cccn2)cc1)C(C)c1ccc(C#N)cc1. The molecule has 130 valence electrons. The van der Waals surface area contributed by atoms with Crippen molar-refractivity contribution in [1.82, 2.24) is 14.7 Å². The minimum atomic E-state index is -0.0777. The van der Waals surface area contributed by atoms with Gasteiger partial charge in [-0.15, -0.1) is 0 Å². The fourth-order valence-electron chi connectivity index (χ4n) is 2.95. The van der Waals surface area contributed by atoms with Gasteiger partial charge in [0.2, 0.25) is 0 Å². The number of hydrogen-bond acceptors (Lipinski definition) is 3. The summed E-state index contributed by atoms with van der Waals surface area (Å²) >= 11 is 0. The molecule has 5 heteroatoms. The highest BCUT2D eigenvalue weighted by Crippen LogP contribution is 2.23. The van der Waals surface area contributed by atoms with Crippen molar-refractivity contribution in [2.75, 3.05) is 6.54 Å². The molecule has 26 heavy (non-hydrogen) atoms. The van der Waals surface area contributed by atoms with Crippen molar-refractivity contribution in [2.45, 2.75) is 19.9 Å². The number of nitrogens with zero attached hydrogens (tertiary/aromatic N) is 4. The number of nitriles is 1. The van der Waals surface area contributed by atoms with E-state index in [0.717, 1.165) is 11.3 Å². The fraction of sp³-hybridized carbons (Fsp3) is 0.190. The van der Waals surface area contributed by atoms with Crippen LogP contribution in [0.15, 0.2) is 67.0 Å². The third-order valence-corrected chi connectivity index (χ3v) is 4.47. The predicted octanol–water partition coefficient (Wildman–Crippen LogP) is 3.97. The maximum absolute atomic E-state index is 13.0. The van der Waals surface area contributed by atoms with Gasteiger partial charge in [-0.3, -0.25) is 4.79 Å². The molecule has 0 saturated heterocycles. The summed E-state index contributed by atoms with van der Waals surface area (Å²) in [6.07, 6.45) is 3.58. The van der Waals surface area contributed by atoms with E-state index in [9.17, 15) is 4.79 Å². The van der Waals surface area contributed by atoms with Crippen molar-refractivity contribution >= 4 is 5.91 Å². The molecule has 3 rings (SSSR count). The van der Waals surface area contributed by atoms with Gasteiger partial charge < -0.3 is 4.90 Å². The molecule has 1 unspecified atom stereocenters. The van der Waals surface area contributed by atoms with Crippen LogP contribution in [0.3, 0.4) is 0 Å². The maximum atomic E-state index is 13.0. The lowest BCUT2D eigenvalue weighted by atomic mass is 10.0. The molecular formula is C21H20N4O. The van der Waals surface area contributed by atoms with Gasteiger partial charge in [0.05, 0.1) is 23.4 Å². The van der Waals surface area contributed by atoms with Gasteiger partial charge in [0.1, 0.15) is 0 Å². The first-order valence-electron chi connectivity index (χ1n) is 8.55. The fourth-order valence-corrected chi connectivity index (χ4v) is 2.95. The summed E-state index contributed by atoms with van der Waals surface area (Å²) in [7, 11) is 0. The van der Waals surface area contributed by atoms with Gasteiger partial charge in [0.15, 0.2) is 0 Å². The normalized spacial score (nSPS) is 11.6. The molecule has 0 radical (unpaired) electrons. The maximum Gasteiger partial charge on any atom is 0.254 e. The average Bonchev–Trinajstić information content (AvgIpc) is 3.23. The van der Waals surface area contributed by atoms with E-state index in [4.69, 9.17) is 5.26 Å². The summed E-state index contributed by atoms with van der Waals surface area (Å²) in [6.45, 7) is 4.57. The monoisotopic (exact) mass is 344 g/mol. The molecule has 0 aliphatic carbocycles. The number of hydrogen-bond donors (Lipinski definition) is 0. The molecule has 1 atom stereocenters. The first kappa shape index (κ1) is 17.4. The number of amides is 1. The van der Waals surface area contributed by atoms with Gasteiger partial charge in [0, 0.05) is 24.5 Å². The van der Waals surface area contributed by atoms with Gasteiger partial charge in [-0.2, -0.15) is 10.4 Å². The van der Waals surface area contributed by atoms with Crippen LogP contribution in [0.2, 0.25) is 0 Å². The summed E-state index contributed by atoms with van der Waals surface area (Å²) in [5, 5.41) is 13.1. The Morgan fingerprint density at radius 2 is 1.88 bits per heavy atom. The van der Waals surface area contributed by atoms with Crippen LogP contribution >= 0.6 is 0 Å². The first-order chi connectivity index (χ1) is 12.6. The summed E-state index contributed by atoms with van der Waals surface area (Å²) in [6, 6.07) is 18.7. The standard InChI is InChI=1S/C21H20N4O/c1-3-24(16(2)18-7-5-17(15-22)6-8-18)21(26)19-9-11-20(12-10-19)25-14-4-13-23-25/h4-14,16H,3H2,1-2H3. The Bertz CT molecular complexity index is 906.